The third-order valence-corrected chi connectivity index (χ3v) is 11.1. The van der Waals surface area contributed by atoms with Crippen LogP contribution < -0.4 is 4.74 Å². The van der Waals surface area contributed by atoms with Gasteiger partial charge in [-0.2, -0.15) is 0 Å². The lowest BCUT2D eigenvalue weighted by atomic mass is 9.78. The Labute approximate surface area is 252 Å². The summed E-state index contributed by atoms with van der Waals surface area (Å²) in [5.41, 5.74) is 4.75. The minimum atomic E-state index is -0.0296. The predicted octanol–water partition coefficient (Wildman–Crippen LogP) is 6.95. The Morgan fingerprint density at radius 1 is 1.07 bits per heavy atom. The predicted molar refractivity (Wildman–Crippen MR) is 173 cm³/mol. The van der Waals surface area contributed by atoms with Crippen LogP contribution in [-0.2, 0) is 15.6 Å². The number of aliphatic imine (C=N–C) groups is 2. The molecule has 41 heavy (non-hydrogen) atoms. The fraction of sp³-hybridized carbons (Fsp3) is 0.676. The summed E-state index contributed by atoms with van der Waals surface area (Å²) in [4.78, 5) is 27.4. The maximum atomic E-state index is 13.2. The molecule has 4 aliphatic rings. The average Bonchev–Trinajstić information content (AvgIpc) is 3.55. The summed E-state index contributed by atoms with van der Waals surface area (Å²) in [5, 5.41) is 1.19. The van der Waals surface area contributed by atoms with Crippen LogP contribution in [0.3, 0.4) is 0 Å². The standard InChI is InChI=1S/C34H50N4O2S/c1-22-12-16-37(23(2)35-22)18-14-29(39)38-15-10-11-25(13-17-38)34-21-28(34)36-31(41-34)24-19-26(32(3,4)5)30(40-9)27(20-24)33(6,7)8/h12,19-20,25,28H,10-11,13-18,21H2,1-9H3. The molecule has 1 aliphatic carbocycles. The van der Waals surface area contributed by atoms with E-state index in [0.29, 0.717) is 18.4 Å². The molecule has 0 radical (unpaired) electrons. The van der Waals surface area contributed by atoms with E-state index in [1.807, 2.05) is 25.6 Å². The maximum absolute atomic E-state index is 13.2. The lowest BCUT2D eigenvalue weighted by Gasteiger charge is -2.30. The van der Waals surface area contributed by atoms with Gasteiger partial charge in [-0.25, -0.2) is 4.99 Å². The molecule has 0 aromatic heterocycles. The van der Waals surface area contributed by atoms with E-state index in [0.717, 1.165) is 56.3 Å². The first-order valence-corrected chi connectivity index (χ1v) is 16.3. The number of amides is 1. The van der Waals surface area contributed by atoms with Gasteiger partial charge in [0.05, 0.1) is 18.2 Å². The molecule has 0 spiro atoms. The number of carbonyl (C=O) groups is 1. The molecule has 5 rings (SSSR count). The molecule has 3 heterocycles. The van der Waals surface area contributed by atoms with Crippen LogP contribution in [-0.4, -0.2) is 70.7 Å². The number of methoxy groups -OCH3 is 1. The lowest BCUT2D eigenvalue weighted by Crippen LogP contribution is -2.38. The minimum absolute atomic E-state index is 0.0296. The highest BCUT2D eigenvalue weighted by Gasteiger charge is 2.63. The van der Waals surface area contributed by atoms with Crippen LogP contribution >= 0.6 is 11.8 Å². The molecule has 7 heteroatoms. The van der Waals surface area contributed by atoms with E-state index in [1.54, 1.807) is 7.11 Å². The Bertz CT molecular complexity index is 1250. The van der Waals surface area contributed by atoms with Gasteiger partial charge in [-0.05, 0) is 74.5 Å². The molecule has 6 nitrogen and oxygen atoms in total. The number of allylic oxidation sites excluding steroid dienone is 1. The summed E-state index contributed by atoms with van der Waals surface area (Å²) in [6.45, 7) is 21.0. The number of hydrogen-bond donors (Lipinski definition) is 0. The number of fused-ring (bicyclic) bond motifs is 1. The van der Waals surface area contributed by atoms with Crippen molar-refractivity contribution in [2.24, 2.45) is 15.9 Å². The Balaban J connectivity index is 1.25. The van der Waals surface area contributed by atoms with Crippen molar-refractivity contribution >= 4 is 28.5 Å². The third-order valence-electron chi connectivity index (χ3n) is 9.40. The zero-order valence-corrected chi connectivity index (χ0v) is 27.6. The first-order chi connectivity index (χ1) is 19.2. The van der Waals surface area contributed by atoms with Crippen LogP contribution in [0.15, 0.2) is 33.9 Å². The molecule has 2 fully saturated rings. The van der Waals surface area contributed by atoms with Crippen LogP contribution in [0, 0.1) is 5.92 Å². The summed E-state index contributed by atoms with van der Waals surface area (Å²) in [6.07, 6.45) is 7.21. The highest BCUT2D eigenvalue weighted by Crippen LogP contribution is 2.63. The van der Waals surface area contributed by atoms with E-state index in [1.165, 1.54) is 34.6 Å². The molecule has 224 valence electrons. The van der Waals surface area contributed by atoms with E-state index >= 15 is 0 Å². The second kappa shape index (κ2) is 11.1. The molecular weight excluding hydrogens is 528 g/mol. The van der Waals surface area contributed by atoms with Crippen molar-refractivity contribution in [1.82, 2.24) is 9.80 Å². The molecule has 1 saturated carbocycles. The molecule has 3 aliphatic heterocycles. The number of rotatable bonds is 6. The molecule has 3 atom stereocenters. The van der Waals surface area contributed by atoms with Gasteiger partial charge in [0.2, 0.25) is 5.91 Å². The zero-order valence-electron chi connectivity index (χ0n) is 26.8. The monoisotopic (exact) mass is 578 g/mol. The van der Waals surface area contributed by atoms with Gasteiger partial charge in [-0.3, -0.25) is 9.79 Å². The Hall–Kier alpha value is -2.28. The number of ether oxygens (including phenoxy) is 1. The van der Waals surface area contributed by atoms with Gasteiger partial charge in [-0.1, -0.05) is 53.3 Å². The second-order valence-corrected chi connectivity index (χ2v) is 15.9. The van der Waals surface area contributed by atoms with Crippen molar-refractivity contribution in [3.05, 3.63) is 40.6 Å². The van der Waals surface area contributed by atoms with E-state index in [2.05, 4.69) is 74.5 Å². The summed E-state index contributed by atoms with van der Waals surface area (Å²) in [6, 6.07) is 5.07. The fourth-order valence-corrected chi connectivity index (χ4v) is 8.43. The second-order valence-electron chi connectivity index (χ2n) is 14.5. The molecule has 1 amide bonds. The van der Waals surface area contributed by atoms with Gasteiger partial charge in [0.25, 0.3) is 0 Å². The van der Waals surface area contributed by atoms with Crippen LogP contribution in [0.25, 0.3) is 0 Å². The topological polar surface area (TPSA) is 57.5 Å². The van der Waals surface area contributed by atoms with Gasteiger partial charge >= 0.3 is 0 Å². The van der Waals surface area contributed by atoms with E-state index in [9.17, 15) is 4.79 Å². The van der Waals surface area contributed by atoms with E-state index < -0.39 is 0 Å². The molecule has 0 N–H and O–H groups in total. The number of benzene rings is 1. The highest BCUT2D eigenvalue weighted by molar-refractivity contribution is 8.16. The number of thioether (sulfide) groups is 1. The van der Waals surface area contributed by atoms with Gasteiger partial charge in [0, 0.05) is 59.7 Å². The molecular formula is C34H50N4O2S. The molecule has 1 aromatic rings. The van der Waals surface area contributed by atoms with Crippen molar-refractivity contribution < 1.29 is 9.53 Å². The number of hydrogen-bond acceptors (Lipinski definition) is 6. The van der Waals surface area contributed by atoms with Gasteiger partial charge in [-0.15, -0.1) is 0 Å². The highest BCUT2D eigenvalue weighted by atomic mass is 32.2. The van der Waals surface area contributed by atoms with Gasteiger partial charge in [0.15, 0.2) is 0 Å². The van der Waals surface area contributed by atoms with Crippen molar-refractivity contribution in [2.75, 3.05) is 33.3 Å². The summed E-state index contributed by atoms with van der Waals surface area (Å²) in [5.74, 6) is 2.92. The molecule has 1 saturated heterocycles. The van der Waals surface area contributed by atoms with Crippen LogP contribution in [0.4, 0.5) is 0 Å². The van der Waals surface area contributed by atoms with E-state index in [4.69, 9.17) is 9.73 Å². The fourth-order valence-electron chi connectivity index (χ4n) is 6.82. The first-order valence-electron chi connectivity index (χ1n) is 15.5. The van der Waals surface area contributed by atoms with Crippen LogP contribution in [0.5, 0.6) is 5.75 Å². The van der Waals surface area contributed by atoms with Crippen molar-refractivity contribution in [3.63, 3.8) is 0 Å². The SMILES string of the molecule is COc1c(C(C)(C)C)cc(C2=NC3CC3(C3CCCN(C(=O)CCN4CC=C(C)N=C4C)CC3)S2)cc1C(C)(C)C. The molecule has 3 unspecified atom stereocenters. The lowest BCUT2D eigenvalue weighted by molar-refractivity contribution is -0.131. The van der Waals surface area contributed by atoms with Crippen LogP contribution in [0.2, 0.25) is 0 Å². The molecule has 1 aromatic carbocycles. The smallest absolute Gasteiger partial charge is 0.224 e. The normalized spacial score (nSPS) is 26.6. The number of amidine groups is 1. The Morgan fingerprint density at radius 3 is 2.37 bits per heavy atom. The minimum Gasteiger partial charge on any atom is -0.496 e. The Morgan fingerprint density at radius 2 is 1.76 bits per heavy atom. The number of likely N-dealkylation sites (tertiary alicyclic amines) is 1. The number of nitrogens with zero attached hydrogens (tertiary/aromatic N) is 4. The van der Waals surface area contributed by atoms with Crippen LogP contribution in [0.1, 0.15) is 104 Å². The average molecular weight is 579 g/mol. The molecule has 0 bridgehead atoms. The largest absolute Gasteiger partial charge is 0.496 e. The summed E-state index contributed by atoms with van der Waals surface area (Å²) >= 11 is 2.03. The maximum Gasteiger partial charge on any atom is 0.224 e. The van der Waals surface area contributed by atoms with Crippen molar-refractivity contribution in [1.29, 1.82) is 0 Å². The zero-order chi connectivity index (χ0) is 29.7. The third kappa shape index (κ3) is 6.11. The quantitative estimate of drug-likeness (QED) is 0.367. The van der Waals surface area contributed by atoms with Crippen molar-refractivity contribution in [3.8, 4) is 5.75 Å². The number of carbonyl (C=O) groups excluding carboxylic acids is 1. The van der Waals surface area contributed by atoms with Gasteiger partial charge < -0.3 is 14.5 Å². The van der Waals surface area contributed by atoms with Crippen molar-refractivity contribution in [2.45, 2.75) is 109 Å². The summed E-state index contributed by atoms with van der Waals surface area (Å²) in [7, 11) is 1.80. The Kier molecular flexibility index (Phi) is 8.17. The summed E-state index contributed by atoms with van der Waals surface area (Å²) < 4.78 is 6.22. The van der Waals surface area contributed by atoms with E-state index in [-0.39, 0.29) is 21.5 Å². The first kappa shape index (κ1) is 30.2. The van der Waals surface area contributed by atoms with Gasteiger partial charge in [0.1, 0.15) is 11.6 Å².